The zero-order valence-electron chi connectivity index (χ0n) is 11.5. The van der Waals surface area contributed by atoms with Crippen LogP contribution in [0, 0.1) is 6.92 Å². The van der Waals surface area contributed by atoms with Crippen molar-refractivity contribution in [1.82, 2.24) is 9.97 Å². The van der Waals surface area contributed by atoms with Crippen molar-refractivity contribution in [2.24, 2.45) is 0 Å². The SMILES string of the molecule is COc1ccc(Nc2cc(Cl)nc(C3CC3)n2)cc1C. The summed E-state index contributed by atoms with van der Waals surface area (Å²) in [5.74, 6) is 2.92. The van der Waals surface area contributed by atoms with Gasteiger partial charge in [0, 0.05) is 17.7 Å². The highest BCUT2D eigenvalue weighted by Gasteiger charge is 2.27. The van der Waals surface area contributed by atoms with Gasteiger partial charge in [-0.3, -0.25) is 0 Å². The van der Waals surface area contributed by atoms with Crippen LogP contribution in [0.2, 0.25) is 5.15 Å². The van der Waals surface area contributed by atoms with Gasteiger partial charge in [0.25, 0.3) is 0 Å². The predicted molar refractivity (Wildman–Crippen MR) is 80.0 cm³/mol. The number of hydrogen-bond acceptors (Lipinski definition) is 4. The summed E-state index contributed by atoms with van der Waals surface area (Å²) >= 11 is 6.06. The average Bonchev–Trinajstić information content (AvgIpc) is 3.22. The van der Waals surface area contributed by atoms with Crippen molar-refractivity contribution in [3.05, 3.63) is 40.8 Å². The summed E-state index contributed by atoms with van der Waals surface area (Å²) in [7, 11) is 1.67. The number of anilines is 2. The van der Waals surface area contributed by atoms with Crippen molar-refractivity contribution in [2.75, 3.05) is 12.4 Å². The van der Waals surface area contributed by atoms with Crippen molar-refractivity contribution in [3.8, 4) is 5.75 Å². The molecule has 1 heterocycles. The number of rotatable bonds is 4. The minimum absolute atomic E-state index is 0.479. The third-order valence-corrected chi connectivity index (χ3v) is 3.52. The highest BCUT2D eigenvalue weighted by molar-refractivity contribution is 6.29. The minimum atomic E-state index is 0.479. The lowest BCUT2D eigenvalue weighted by Gasteiger charge is -2.10. The first-order valence-electron chi connectivity index (χ1n) is 6.62. The molecule has 1 aliphatic carbocycles. The Labute approximate surface area is 123 Å². The first-order chi connectivity index (χ1) is 9.65. The summed E-state index contributed by atoms with van der Waals surface area (Å²) in [6.07, 6.45) is 2.31. The second kappa shape index (κ2) is 5.29. The second-order valence-corrected chi connectivity index (χ2v) is 5.41. The molecule has 0 spiro atoms. The number of aromatic nitrogens is 2. The standard InChI is InChI=1S/C15H16ClN3O/c1-9-7-11(5-6-12(9)20-2)17-14-8-13(16)18-15(19-14)10-3-4-10/h5-8,10H,3-4H2,1-2H3,(H,17,18,19). The van der Waals surface area contributed by atoms with Crippen LogP contribution in [0.4, 0.5) is 11.5 Å². The Balaban J connectivity index is 1.85. The van der Waals surface area contributed by atoms with Gasteiger partial charge in [0.1, 0.15) is 22.5 Å². The van der Waals surface area contributed by atoms with E-state index in [9.17, 15) is 0 Å². The molecule has 3 rings (SSSR count). The van der Waals surface area contributed by atoms with Crippen LogP contribution < -0.4 is 10.1 Å². The molecule has 1 aliphatic rings. The predicted octanol–water partition coefficient (Wildman–Crippen LogP) is 4.07. The van der Waals surface area contributed by atoms with Gasteiger partial charge in [-0.25, -0.2) is 9.97 Å². The number of benzene rings is 1. The molecule has 1 saturated carbocycles. The molecule has 20 heavy (non-hydrogen) atoms. The van der Waals surface area contributed by atoms with Gasteiger partial charge in [-0.15, -0.1) is 0 Å². The molecule has 2 aromatic rings. The lowest BCUT2D eigenvalue weighted by Crippen LogP contribution is -2.00. The van der Waals surface area contributed by atoms with Gasteiger partial charge in [0.05, 0.1) is 7.11 Å². The summed E-state index contributed by atoms with van der Waals surface area (Å²) in [6, 6.07) is 7.65. The van der Waals surface area contributed by atoms with Crippen molar-refractivity contribution < 1.29 is 4.74 Å². The number of methoxy groups -OCH3 is 1. The van der Waals surface area contributed by atoms with E-state index in [0.29, 0.717) is 11.1 Å². The van der Waals surface area contributed by atoms with Gasteiger partial charge >= 0.3 is 0 Å². The lowest BCUT2D eigenvalue weighted by atomic mass is 10.2. The third-order valence-electron chi connectivity index (χ3n) is 3.32. The molecule has 1 fully saturated rings. The molecule has 0 aliphatic heterocycles. The van der Waals surface area contributed by atoms with Gasteiger partial charge in [-0.2, -0.15) is 0 Å². The van der Waals surface area contributed by atoms with E-state index in [2.05, 4.69) is 15.3 Å². The van der Waals surface area contributed by atoms with Crippen LogP contribution in [0.3, 0.4) is 0 Å². The molecule has 0 atom stereocenters. The van der Waals surface area contributed by atoms with E-state index in [1.54, 1.807) is 13.2 Å². The highest BCUT2D eigenvalue weighted by Crippen LogP contribution is 2.39. The molecule has 0 saturated heterocycles. The van der Waals surface area contributed by atoms with Crippen LogP contribution in [0.5, 0.6) is 5.75 Å². The van der Waals surface area contributed by atoms with E-state index < -0.39 is 0 Å². The summed E-state index contributed by atoms with van der Waals surface area (Å²) in [5.41, 5.74) is 2.03. The van der Waals surface area contributed by atoms with Crippen LogP contribution in [0.25, 0.3) is 0 Å². The van der Waals surface area contributed by atoms with Crippen LogP contribution in [-0.4, -0.2) is 17.1 Å². The van der Waals surface area contributed by atoms with Crippen LogP contribution in [0.15, 0.2) is 24.3 Å². The Morgan fingerprint density at radius 2 is 2.05 bits per heavy atom. The quantitative estimate of drug-likeness (QED) is 0.862. The number of ether oxygens (including phenoxy) is 1. The minimum Gasteiger partial charge on any atom is -0.496 e. The van der Waals surface area contributed by atoms with Gasteiger partial charge in [-0.1, -0.05) is 11.6 Å². The molecule has 104 valence electrons. The smallest absolute Gasteiger partial charge is 0.135 e. The molecular weight excluding hydrogens is 274 g/mol. The van der Waals surface area contributed by atoms with Crippen molar-refractivity contribution in [1.29, 1.82) is 0 Å². The summed E-state index contributed by atoms with van der Waals surface area (Å²) < 4.78 is 5.25. The fourth-order valence-electron chi connectivity index (χ4n) is 2.13. The first-order valence-corrected chi connectivity index (χ1v) is 6.99. The van der Waals surface area contributed by atoms with Crippen LogP contribution in [-0.2, 0) is 0 Å². The summed E-state index contributed by atoms with van der Waals surface area (Å²) in [5, 5.41) is 3.75. The topological polar surface area (TPSA) is 47.0 Å². The molecule has 1 aromatic heterocycles. The Morgan fingerprint density at radius 1 is 1.25 bits per heavy atom. The third kappa shape index (κ3) is 2.85. The zero-order valence-corrected chi connectivity index (χ0v) is 12.2. The molecule has 4 nitrogen and oxygen atoms in total. The van der Waals surface area contributed by atoms with E-state index in [4.69, 9.17) is 16.3 Å². The fourth-order valence-corrected chi connectivity index (χ4v) is 2.32. The van der Waals surface area contributed by atoms with E-state index >= 15 is 0 Å². The van der Waals surface area contributed by atoms with Gasteiger partial charge < -0.3 is 10.1 Å². The van der Waals surface area contributed by atoms with E-state index in [1.807, 2.05) is 25.1 Å². The van der Waals surface area contributed by atoms with E-state index in [-0.39, 0.29) is 0 Å². The van der Waals surface area contributed by atoms with Crippen LogP contribution >= 0.6 is 11.6 Å². The fraction of sp³-hybridized carbons (Fsp3) is 0.333. The Kier molecular flexibility index (Phi) is 3.49. The lowest BCUT2D eigenvalue weighted by molar-refractivity contribution is 0.412. The summed E-state index contributed by atoms with van der Waals surface area (Å²) in [6.45, 7) is 2.01. The molecular formula is C15H16ClN3O. The highest BCUT2D eigenvalue weighted by atomic mass is 35.5. The molecule has 1 aromatic carbocycles. The Bertz CT molecular complexity index is 641. The van der Waals surface area contributed by atoms with E-state index in [1.165, 1.54) is 0 Å². The molecule has 5 heteroatoms. The zero-order chi connectivity index (χ0) is 14.1. The van der Waals surface area contributed by atoms with Gasteiger partial charge in [0.15, 0.2) is 0 Å². The maximum atomic E-state index is 6.06. The Morgan fingerprint density at radius 3 is 2.70 bits per heavy atom. The molecule has 0 radical (unpaired) electrons. The van der Waals surface area contributed by atoms with Gasteiger partial charge in [-0.05, 0) is 43.5 Å². The largest absolute Gasteiger partial charge is 0.496 e. The molecule has 0 amide bonds. The number of nitrogens with one attached hydrogen (secondary N) is 1. The van der Waals surface area contributed by atoms with Crippen molar-refractivity contribution in [2.45, 2.75) is 25.7 Å². The molecule has 0 bridgehead atoms. The summed E-state index contributed by atoms with van der Waals surface area (Å²) in [4.78, 5) is 8.80. The Hall–Kier alpha value is -1.81. The van der Waals surface area contributed by atoms with Crippen molar-refractivity contribution >= 4 is 23.1 Å². The number of hydrogen-bond donors (Lipinski definition) is 1. The number of aryl methyl sites for hydroxylation is 1. The second-order valence-electron chi connectivity index (χ2n) is 5.02. The maximum absolute atomic E-state index is 6.06. The van der Waals surface area contributed by atoms with E-state index in [0.717, 1.165) is 41.5 Å². The van der Waals surface area contributed by atoms with Crippen molar-refractivity contribution in [3.63, 3.8) is 0 Å². The molecule has 1 N–H and O–H groups in total. The monoisotopic (exact) mass is 289 g/mol. The molecule has 0 unspecified atom stereocenters. The number of nitrogens with zero attached hydrogens (tertiary/aromatic N) is 2. The van der Waals surface area contributed by atoms with Gasteiger partial charge in [0.2, 0.25) is 0 Å². The van der Waals surface area contributed by atoms with Crippen LogP contribution in [0.1, 0.15) is 30.1 Å². The normalized spacial score (nSPS) is 14.2. The maximum Gasteiger partial charge on any atom is 0.135 e. The number of halogens is 1. The average molecular weight is 290 g/mol. The first kappa shape index (κ1) is 13.2.